The van der Waals surface area contributed by atoms with Crippen molar-refractivity contribution in [3.63, 3.8) is 0 Å². The number of hydrogen-bond acceptors (Lipinski definition) is 8. The Hall–Kier alpha value is -3.68. The van der Waals surface area contributed by atoms with Gasteiger partial charge in [0.15, 0.2) is 0 Å². The summed E-state index contributed by atoms with van der Waals surface area (Å²) in [4.78, 5) is 50.2. The second-order valence-electron chi connectivity index (χ2n) is 8.13. The second-order valence-corrected chi connectivity index (χ2v) is 8.13. The first-order chi connectivity index (χ1) is 16.4. The molecule has 1 fully saturated rings. The van der Waals surface area contributed by atoms with Gasteiger partial charge in [0.25, 0.3) is 0 Å². The lowest BCUT2D eigenvalue weighted by atomic mass is 9.54. The number of carbonyl (C=O) groups is 4. The van der Waals surface area contributed by atoms with E-state index < -0.39 is 47.5 Å². The Bertz CT molecular complexity index is 907. The summed E-state index contributed by atoms with van der Waals surface area (Å²) in [5, 5.41) is 0. The number of ether oxygens (including phenoxy) is 4. The van der Waals surface area contributed by atoms with Crippen LogP contribution in [0.2, 0.25) is 0 Å². The van der Waals surface area contributed by atoms with Crippen LogP contribution in [0.3, 0.4) is 0 Å². The van der Waals surface area contributed by atoms with Crippen LogP contribution in [0, 0.1) is 23.7 Å². The molecule has 1 aliphatic carbocycles. The van der Waals surface area contributed by atoms with E-state index in [2.05, 4.69) is 0 Å². The number of methoxy groups -OCH3 is 2. The molecule has 0 saturated heterocycles. The summed E-state index contributed by atoms with van der Waals surface area (Å²) in [6, 6.07) is 18.2. The van der Waals surface area contributed by atoms with Crippen molar-refractivity contribution in [2.45, 2.75) is 26.1 Å². The minimum atomic E-state index is -0.944. The van der Waals surface area contributed by atoms with Crippen molar-refractivity contribution in [1.82, 2.24) is 0 Å². The Morgan fingerprint density at radius 1 is 0.618 bits per heavy atom. The highest BCUT2D eigenvalue weighted by Gasteiger charge is 2.59. The van der Waals surface area contributed by atoms with E-state index in [1.165, 1.54) is 14.2 Å². The number of benzene rings is 2. The largest absolute Gasteiger partial charge is 0.469 e. The monoisotopic (exact) mass is 468 g/mol. The smallest absolute Gasteiger partial charge is 0.310 e. The molecule has 0 aliphatic heterocycles. The van der Waals surface area contributed by atoms with Crippen LogP contribution < -0.4 is 0 Å². The van der Waals surface area contributed by atoms with Crippen molar-refractivity contribution in [1.29, 1.82) is 0 Å². The quantitative estimate of drug-likeness (QED) is 0.387. The molecule has 4 unspecified atom stereocenters. The third kappa shape index (κ3) is 6.21. The summed E-state index contributed by atoms with van der Waals surface area (Å²) in [5.41, 5.74) is 1.57. The van der Waals surface area contributed by atoms with Gasteiger partial charge in [-0.05, 0) is 23.0 Å². The van der Waals surface area contributed by atoms with Gasteiger partial charge in [0.1, 0.15) is 13.2 Å². The molecule has 1 saturated carbocycles. The van der Waals surface area contributed by atoms with Crippen LogP contribution in [0.1, 0.15) is 24.0 Å². The first-order valence-corrected chi connectivity index (χ1v) is 11.0. The molecule has 0 N–H and O–H groups in total. The van der Waals surface area contributed by atoms with Crippen LogP contribution in [0.5, 0.6) is 0 Å². The van der Waals surface area contributed by atoms with E-state index in [4.69, 9.17) is 18.9 Å². The molecule has 4 atom stereocenters. The van der Waals surface area contributed by atoms with Crippen LogP contribution in [-0.4, -0.2) is 38.1 Å². The lowest BCUT2D eigenvalue weighted by molar-refractivity contribution is -0.188. The molecule has 1 aliphatic rings. The fraction of sp³-hybridized carbons (Fsp3) is 0.385. The fourth-order valence-electron chi connectivity index (χ4n) is 4.32. The van der Waals surface area contributed by atoms with Crippen molar-refractivity contribution in [2.24, 2.45) is 23.7 Å². The highest BCUT2D eigenvalue weighted by molar-refractivity contribution is 5.87. The minimum absolute atomic E-state index is 0.0224. The highest BCUT2D eigenvalue weighted by Crippen LogP contribution is 2.51. The lowest BCUT2D eigenvalue weighted by Crippen LogP contribution is -2.56. The molecule has 3 rings (SSSR count). The molecule has 2 aromatic rings. The van der Waals surface area contributed by atoms with Gasteiger partial charge < -0.3 is 18.9 Å². The predicted molar refractivity (Wildman–Crippen MR) is 120 cm³/mol. The molecule has 0 amide bonds. The van der Waals surface area contributed by atoms with E-state index in [-0.39, 0.29) is 26.1 Å². The summed E-state index contributed by atoms with van der Waals surface area (Å²) in [6.07, 6.45) is -0.266. The summed E-state index contributed by atoms with van der Waals surface area (Å²) < 4.78 is 20.5. The number of rotatable bonds is 10. The van der Waals surface area contributed by atoms with Crippen molar-refractivity contribution in [3.8, 4) is 0 Å². The standard InChI is InChI=1S/C26H28O8/c1-31-21(27)13-19-20(14-22(28)32-2)24(26(30)34-16-18-11-7-4-8-12-18)23(19)25(29)33-15-17-9-5-3-6-10-17/h3-12,19-20,23-24H,13-16H2,1-2H3. The number of carbonyl (C=O) groups excluding carboxylic acids is 4. The Labute approximate surface area is 198 Å². The maximum atomic E-state index is 13.1. The number of hydrogen-bond donors (Lipinski definition) is 0. The Kier molecular flexibility index (Phi) is 8.79. The van der Waals surface area contributed by atoms with Crippen LogP contribution in [0.15, 0.2) is 60.7 Å². The van der Waals surface area contributed by atoms with E-state index in [0.717, 1.165) is 11.1 Å². The molecular weight excluding hydrogens is 440 g/mol. The molecule has 34 heavy (non-hydrogen) atoms. The van der Waals surface area contributed by atoms with Gasteiger partial charge in [-0.1, -0.05) is 60.7 Å². The Morgan fingerprint density at radius 2 is 0.971 bits per heavy atom. The third-order valence-corrected chi connectivity index (χ3v) is 6.11. The summed E-state index contributed by atoms with van der Waals surface area (Å²) in [7, 11) is 2.48. The fourth-order valence-corrected chi connectivity index (χ4v) is 4.32. The van der Waals surface area contributed by atoms with Gasteiger partial charge in [0, 0.05) is 12.8 Å². The topological polar surface area (TPSA) is 105 Å². The van der Waals surface area contributed by atoms with E-state index in [1.54, 1.807) is 0 Å². The van der Waals surface area contributed by atoms with Crippen LogP contribution in [-0.2, 0) is 51.3 Å². The average molecular weight is 469 g/mol. The van der Waals surface area contributed by atoms with E-state index >= 15 is 0 Å². The first-order valence-electron chi connectivity index (χ1n) is 11.0. The average Bonchev–Trinajstić information content (AvgIpc) is 2.87. The zero-order valence-electron chi connectivity index (χ0n) is 19.2. The highest BCUT2D eigenvalue weighted by atomic mass is 16.5. The molecule has 0 radical (unpaired) electrons. The van der Waals surface area contributed by atoms with Crippen LogP contribution >= 0.6 is 0 Å². The normalized spacial score (nSPS) is 21.0. The van der Waals surface area contributed by atoms with Gasteiger partial charge in [0.05, 0.1) is 26.1 Å². The van der Waals surface area contributed by atoms with Crippen molar-refractivity contribution >= 4 is 23.9 Å². The zero-order valence-corrected chi connectivity index (χ0v) is 19.2. The molecule has 2 aromatic carbocycles. The zero-order chi connectivity index (χ0) is 24.5. The van der Waals surface area contributed by atoms with Crippen molar-refractivity contribution in [3.05, 3.63) is 71.8 Å². The Balaban J connectivity index is 1.79. The first kappa shape index (κ1) is 25.0. The van der Waals surface area contributed by atoms with Gasteiger partial charge in [-0.25, -0.2) is 0 Å². The van der Waals surface area contributed by atoms with Gasteiger partial charge in [-0.2, -0.15) is 0 Å². The second kappa shape index (κ2) is 12.0. The van der Waals surface area contributed by atoms with Crippen LogP contribution in [0.4, 0.5) is 0 Å². The third-order valence-electron chi connectivity index (χ3n) is 6.11. The van der Waals surface area contributed by atoms with Gasteiger partial charge in [-0.15, -0.1) is 0 Å². The Morgan fingerprint density at radius 3 is 1.29 bits per heavy atom. The van der Waals surface area contributed by atoms with E-state index in [9.17, 15) is 19.2 Å². The minimum Gasteiger partial charge on any atom is -0.469 e. The molecule has 0 bridgehead atoms. The summed E-state index contributed by atoms with van der Waals surface area (Å²) in [5.74, 6) is -5.47. The van der Waals surface area contributed by atoms with Crippen molar-refractivity contribution < 1.29 is 38.1 Å². The molecule has 0 spiro atoms. The summed E-state index contributed by atoms with van der Waals surface area (Å²) in [6.45, 7) is 0.0448. The van der Waals surface area contributed by atoms with Gasteiger partial charge >= 0.3 is 23.9 Å². The maximum Gasteiger partial charge on any atom is 0.310 e. The maximum absolute atomic E-state index is 13.1. The van der Waals surface area contributed by atoms with E-state index in [1.807, 2.05) is 60.7 Å². The number of esters is 4. The predicted octanol–water partition coefficient (Wildman–Crippen LogP) is 3.08. The SMILES string of the molecule is COC(=O)CC1C(CC(=O)OC)C(C(=O)OCc2ccccc2)C1C(=O)OCc1ccccc1. The van der Waals surface area contributed by atoms with Gasteiger partial charge in [-0.3, -0.25) is 19.2 Å². The molecule has 8 heteroatoms. The molecule has 180 valence electrons. The molecule has 8 nitrogen and oxygen atoms in total. The molecule has 0 heterocycles. The van der Waals surface area contributed by atoms with E-state index in [0.29, 0.717) is 0 Å². The lowest BCUT2D eigenvalue weighted by Gasteiger charge is -2.48. The van der Waals surface area contributed by atoms with Crippen LogP contribution in [0.25, 0.3) is 0 Å². The summed E-state index contributed by atoms with van der Waals surface area (Å²) >= 11 is 0. The van der Waals surface area contributed by atoms with Crippen molar-refractivity contribution in [2.75, 3.05) is 14.2 Å². The molecule has 0 aromatic heterocycles. The molecular formula is C26H28O8. The van der Waals surface area contributed by atoms with Gasteiger partial charge in [0.2, 0.25) is 0 Å².